The van der Waals surface area contributed by atoms with Gasteiger partial charge in [0, 0.05) is 18.1 Å². The van der Waals surface area contributed by atoms with E-state index in [1.54, 1.807) is 11.9 Å². The average Bonchev–Trinajstić information content (AvgIpc) is 3.28. The highest BCUT2D eigenvalue weighted by atomic mass is 79.9. The molecule has 0 aliphatic heterocycles. The number of halogens is 1. The second kappa shape index (κ2) is 6.82. The van der Waals surface area contributed by atoms with Crippen molar-refractivity contribution in [2.75, 3.05) is 18.9 Å². The summed E-state index contributed by atoms with van der Waals surface area (Å²) in [7, 11) is 1.78. The summed E-state index contributed by atoms with van der Waals surface area (Å²) in [6.07, 6.45) is 3.27. The summed E-state index contributed by atoms with van der Waals surface area (Å²) in [5, 5.41) is 2.90. The van der Waals surface area contributed by atoms with E-state index in [4.69, 9.17) is 0 Å². The van der Waals surface area contributed by atoms with Gasteiger partial charge in [-0.05, 0) is 59.8 Å². The molecule has 0 saturated heterocycles. The summed E-state index contributed by atoms with van der Waals surface area (Å²) in [6.45, 7) is 4.79. The first-order valence-corrected chi connectivity index (χ1v) is 8.53. The predicted molar refractivity (Wildman–Crippen MR) is 91.7 cm³/mol. The molecule has 0 spiro atoms. The molecule has 22 heavy (non-hydrogen) atoms. The van der Waals surface area contributed by atoms with Crippen LogP contribution in [0.2, 0.25) is 0 Å². The molecule has 120 valence electrons. The summed E-state index contributed by atoms with van der Waals surface area (Å²) in [5.41, 5.74) is 0.972. The molecule has 1 saturated carbocycles. The highest BCUT2D eigenvalue weighted by Crippen LogP contribution is 2.48. The Morgan fingerprint density at radius 3 is 2.59 bits per heavy atom. The number of nitrogens with zero attached hydrogens (tertiary/aromatic N) is 1. The molecule has 0 unspecified atom stereocenters. The van der Waals surface area contributed by atoms with Crippen molar-refractivity contribution in [3.05, 3.63) is 28.2 Å². The Balaban J connectivity index is 2.06. The lowest BCUT2D eigenvalue weighted by Crippen LogP contribution is -2.41. The molecular weight excluding hydrogens is 344 g/mol. The fourth-order valence-electron chi connectivity index (χ4n) is 2.49. The van der Waals surface area contributed by atoms with E-state index in [0.29, 0.717) is 25.1 Å². The molecule has 0 radical (unpaired) electrons. The number of nitrogens with one attached hydrogen (secondary N) is 1. The zero-order chi connectivity index (χ0) is 16.3. The number of hydrogen-bond donors (Lipinski definition) is 1. The SMILES string of the molecule is CCCCN(C)C(=O)C1(C(=O)Nc2ccc(C)cc2Br)CC1. The average molecular weight is 367 g/mol. The van der Waals surface area contributed by atoms with Crippen LogP contribution in [-0.4, -0.2) is 30.3 Å². The number of carbonyl (C=O) groups excluding carboxylic acids is 2. The number of carbonyl (C=O) groups is 2. The largest absolute Gasteiger partial charge is 0.345 e. The van der Waals surface area contributed by atoms with Crippen molar-refractivity contribution in [3.8, 4) is 0 Å². The van der Waals surface area contributed by atoms with Crippen molar-refractivity contribution in [2.24, 2.45) is 5.41 Å². The van der Waals surface area contributed by atoms with Crippen molar-refractivity contribution < 1.29 is 9.59 Å². The molecule has 2 amide bonds. The Bertz CT molecular complexity index is 582. The molecular formula is C17H23BrN2O2. The summed E-state index contributed by atoms with van der Waals surface area (Å²) in [4.78, 5) is 26.8. The molecule has 1 aliphatic rings. The molecule has 5 heteroatoms. The molecule has 1 aromatic rings. The van der Waals surface area contributed by atoms with Crippen LogP contribution in [0, 0.1) is 12.3 Å². The highest BCUT2D eigenvalue weighted by molar-refractivity contribution is 9.10. The standard InChI is InChI=1S/C17H23BrN2O2/c1-4-5-10-20(3)16(22)17(8-9-17)15(21)19-14-7-6-12(2)11-13(14)18/h6-7,11H,4-5,8-10H2,1-3H3,(H,19,21). The van der Waals surface area contributed by atoms with Crippen molar-refractivity contribution >= 4 is 33.4 Å². The minimum absolute atomic E-state index is 0.0540. The van der Waals surface area contributed by atoms with Crippen LogP contribution in [0.15, 0.2) is 22.7 Å². The molecule has 1 aliphatic carbocycles. The fraction of sp³-hybridized carbons (Fsp3) is 0.529. The van der Waals surface area contributed by atoms with Crippen LogP contribution in [-0.2, 0) is 9.59 Å². The lowest BCUT2D eigenvalue weighted by molar-refractivity contribution is -0.141. The molecule has 0 atom stereocenters. The Labute approximate surface area is 140 Å². The monoisotopic (exact) mass is 366 g/mol. The first-order chi connectivity index (χ1) is 10.4. The number of rotatable bonds is 6. The maximum absolute atomic E-state index is 12.6. The van der Waals surface area contributed by atoms with Gasteiger partial charge in [0.2, 0.25) is 11.8 Å². The van der Waals surface area contributed by atoms with Crippen LogP contribution in [0.5, 0.6) is 0 Å². The number of anilines is 1. The van der Waals surface area contributed by atoms with Gasteiger partial charge in [-0.3, -0.25) is 9.59 Å². The number of hydrogen-bond acceptors (Lipinski definition) is 2. The van der Waals surface area contributed by atoms with E-state index in [0.717, 1.165) is 22.9 Å². The van der Waals surface area contributed by atoms with Crippen LogP contribution < -0.4 is 5.32 Å². The summed E-state index contributed by atoms with van der Waals surface area (Å²) < 4.78 is 0.837. The van der Waals surface area contributed by atoms with Gasteiger partial charge in [0.05, 0.1) is 5.69 Å². The number of amides is 2. The van der Waals surface area contributed by atoms with Crippen LogP contribution in [0.1, 0.15) is 38.2 Å². The van der Waals surface area contributed by atoms with Gasteiger partial charge < -0.3 is 10.2 Å². The van der Waals surface area contributed by atoms with E-state index in [1.807, 2.05) is 25.1 Å². The summed E-state index contributed by atoms with van der Waals surface area (Å²) >= 11 is 3.45. The summed E-state index contributed by atoms with van der Waals surface area (Å²) in [6, 6.07) is 5.75. The summed E-state index contributed by atoms with van der Waals surface area (Å²) in [5.74, 6) is -0.243. The van der Waals surface area contributed by atoms with Crippen molar-refractivity contribution in [2.45, 2.75) is 39.5 Å². The Hall–Kier alpha value is -1.36. The molecule has 0 aromatic heterocycles. The van der Waals surface area contributed by atoms with Gasteiger partial charge in [-0.25, -0.2) is 0 Å². The zero-order valence-electron chi connectivity index (χ0n) is 13.4. The maximum Gasteiger partial charge on any atom is 0.240 e. The lowest BCUT2D eigenvalue weighted by Gasteiger charge is -2.23. The quantitative estimate of drug-likeness (QED) is 0.779. The third kappa shape index (κ3) is 3.51. The molecule has 0 bridgehead atoms. The second-order valence-corrected chi connectivity index (χ2v) is 6.95. The van der Waals surface area contributed by atoms with Crippen molar-refractivity contribution in [1.29, 1.82) is 0 Å². The van der Waals surface area contributed by atoms with E-state index < -0.39 is 5.41 Å². The lowest BCUT2D eigenvalue weighted by atomic mass is 10.0. The Kier molecular flexibility index (Phi) is 5.27. The van der Waals surface area contributed by atoms with Gasteiger partial charge in [0.1, 0.15) is 5.41 Å². The smallest absolute Gasteiger partial charge is 0.240 e. The third-order valence-corrected chi connectivity index (χ3v) is 4.82. The maximum atomic E-state index is 12.6. The van der Waals surface area contributed by atoms with Crippen LogP contribution in [0.3, 0.4) is 0 Å². The molecule has 4 nitrogen and oxygen atoms in total. The van der Waals surface area contributed by atoms with Crippen LogP contribution >= 0.6 is 15.9 Å². The van der Waals surface area contributed by atoms with E-state index in [-0.39, 0.29) is 11.8 Å². The highest BCUT2D eigenvalue weighted by Gasteiger charge is 2.57. The first-order valence-electron chi connectivity index (χ1n) is 7.74. The normalized spacial score (nSPS) is 15.3. The van der Waals surface area contributed by atoms with Crippen molar-refractivity contribution in [3.63, 3.8) is 0 Å². The zero-order valence-corrected chi connectivity index (χ0v) is 15.0. The first kappa shape index (κ1) is 17.0. The van der Waals surface area contributed by atoms with E-state index >= 15 is 0 Å². The fourth-order valence-corrected chi connectivity index (χ4v) is 3.08. The minimum Gasteiger partial charge on any atom is -0.345 e. The van der Waals surface area contributed by atoms with Gasteiger partial charge in [0.15, 0.2) is 0 Å². The molecule has 2 rings (SSSR count). The van der Waals surface area contributed by atoms with E-state index in [1.165, 1.54) is 0 Å². The minimum atomic E-state index is -0.854. The van der Waals surface area contributed by atoms with Gasteiger partial charge in [-0.1, -0.05) is 19.4 Å². The second-order valence-electron chi connectivity index (χ2n) is 6.10. The number of unbranched alkanes of at least 4 members (excludes halogenated alkanes) is 1. The van der Waals surface area contributed by atoms with Gasteiger partial charge in [0.25, 0.3) is 0 Å². The molecule has 1 N–H and O–H groups in total. The predicted octanol–water partition coefficient (Wildman–Crippen LogP) is 3.73. The number of aryl methyl sites for hydroxylation is 1. The Morgan fingerprint density at radius 2 is 2.05 bits per heavy atom. The van der Waals surface area contributed by atoms with E-state index in [9.17, 15) is 9.59 Å². The third-order valence-electron chi connectivity index (χ3n) is 4.16. The molecule has 1 aromatic carbocycles. The Morgan fingerprint density at radius 1 is 1.36 bits per heavy atom. The molecule has 0 heterocycles. The number of benzene rings is 1. The van der Waals surface area contributed by atoms with Crippen molar-refractivity contribution in [1.82, 2.24) is 4.90 Å². The van der Waals surface area contributed by atoms with Gasteiger partial charge in [-0.2, -0.15) is 0 Å². The molecule has 1 fully saturated rings. The van der Waals surface area contributed by atoms with Crippen LogP contribution in [0.4, 0.5) is 5.69 Å². The van der Waals surface area contributed by atoms with Gasteiger partial charge >= 0.3 is 0 Å². The topological polar surface area (TPSA) is 49.4 Å². The van der Waals surface area contributed by atoms with Gasteiger partial charge in [-0.15, -0.1) is 0 Å². The van der Waals surface area contributed by atoms with Crippen LogP contribution in [0.25, 0.3) is 0 Å². The van der Waals surface area contributed by atoms with E-state index in [2.05, 4.69) is 28.2 Å².